The molecule has 6 heteroatoms. The lowest BCUT2D eigenvalue weighted by molar-refractivity contribution is -0.144. The summed E-state index contributed by atoms with van der Waals surface area (Å²) in [4.78, 5) is 15.7. The Balaban J connectivity index is 2.47. The van der Waals surface area contributed by atoms with Crippen molar-refractivity contribution in [3.8, 4) is 0 Å². The van der Waals surface area contributed by atoms with Crippen LogP contribution in [0.5, 0.6) is 0 Å². The van der Waals surface area contributed by atoms with Crippen molar-refractivity contribution in [3.05, 3.63) is 24.2 Å². The number of nitrogens with one attached hydrogen (secondary N) is 2. The molecule has 0 bridgehead atoms. The van der Waals surface area contributed by atoms with Crippen LogP contribution in [0.2, 0.25) is 0 Å². The van der Waals surface area contributed by atoms with Crippen LogP contribution in [-0.2, 0) is 16.1 Å². The second-order valence-corrected chi connectivity index (χ2v) is 4.08. The SMILES string of the molecule is CCNC(=NCc1ccco1)NCC(C)C(=O)OC. The standard InChI is InChI=1S/C13H21N3O3/c1-4-14-13(15-8-10(2)12(17)18-3)16-9-11-6-5-7-19-11/h5-7,10H,4,8-9H2,1-3H3,(H2,14,15,16). The Bertz CT molecular complexity index is 401. The van der Waals surface area contributed by atoms with E-state index < -0.39 is 0 Å². The molecule has 0 saturated carbocycles. The average Bonchev–Trinajstić information content (AvgIpc) is 2.93. The average molecular weight is 267 g/mol. The number of furan rings is 1. The van der Waals surface area contributed by atoms with Crippen LogP contribution in [0.3, 0.4) is 0 Å². The number of nitrogens with zero attached hydrogens (tertiary/aromatic N) is 1. The number of rotatable bonds is 6. The van der Waals surface area contributed by atoms with Crippen molar-refractivity contribution in [3.63, 3.8) is 0 Å². The van der Waals surface area contributed by atoms with Crippen LogP contribution in [0.15, 0.2) is 27.8 Å². The van der Waals surface area contributed by atoms with E-state index in [0.29, 0.717) is 19.0 Å². The van der Waals surface area contributed by atoms with Crippen molar-refractivity contribution in [2.45, 2.75) is 20.4 Å². The molecule has 1 aromatic heterocycles. The highest BCUT2D eigenvalue weighted by atomic mass is 16.5. The topological polar surface area (TPSA) is 75.9 Å². The minimum atomic E-state index is -0.241. The molecule has 0 spiro atoms. The molecule has 19 heavy (non-hydrogen) atoms. The van der Waals surface area contributed by atoms with Crippen molar-refractivity contribution in [2.75, 3.05) is 20.2 Å². The zero-order chi connectivity index (χ0) is 14.1. The fraction of sp³-hybridized carbons (Fsp3) is 0.538. The molecule has 0 aromatic carbocycles. The van der Waals surface area contributed by atoms with Crippen LogP contribution in [0.1, 0.15) is 19.6 Å². The van der Waals surface area contributed by atoms with Gasteiger partial charge in [0.05, 0.1) is 19.3 Å². The molecule has 1 unspecified atom stereocenters. The van der Waals surface area contributed by atoms with E-state index >= 15 is 0 Å². The third kappa shape index (κ3) is 5.46. The molecule has 2 N–H and O–H groups in total. The highest BCUT2D eigenvalue weighted by Gasteiger charge is 2.13. The molecule has 1 atom stereocenters. The smallest absolute Gasteiger partial charge is 0.310 e. The fourth-order valence-electron chi connectivity index (χ4n) is 1.44. The van der Waals surface area contributed by atoms with Crippen molar-refractivity contribution in [2.24, 2.45) is 10.9 Å². The van der Waals surface area contributed by atoms with Gasteiger partial charge in [0.15, 0.2) is 5.96 Å². The van der Waals surface area contributed by atoms with E-state index in [9.17, 15) is 4.79 Å². The molecular formula is C13H21N3O3. The Morgan fingerprint density at radius 1 is 1.53 bits per heavy atom. The number of esters is 1. The Labute approximate surface area is 113 Å². The molecular weight excluding hydrogens is 246 g/mol. The number of guanidine groups is 1. The van der Waals surface area contributed by atoms with Crippen LogP contribution in [0, 0.1) is 5.92 Å². The summed E-state index contributed by atoms with van der Waals surface area (Å²) in [6.45, 7) is 5.45. The minimum absolute atomic E-state index is 0.225. The van der Waals surface area contributed by atoms with E-state index in [1.165, 1.54) is 7.11 Å². The number of hydrogen-bond donors (Lipinski definition) is 2. The molecule has 0 radical (unpaired) electrons. The van der Waals surface area contributed by atoms with Gasteiger partial charge in [0.2, 0.25) is 0 Å². The zero-order valence-corrected chi connectivity index (χ0v) is 11.6. The van der Waals surface area contributed by atoms with Crippen LogP contribution < -0.4 is 10.6 Å². The Morgan fingerprint density at radius 2 is 2.32 bits per heavy atom. The summed E-state index contributed by atoms with van der Waals surface area (Å²) in [5, 5.41) is 6.20. The van der Waals surface area contributed by atoms with Gasteiger partial charge >= 0.3 is 5.97 Å². The van der Waals surface area contributed by atoms with Gasteiger partial charge in [-0.2, -0.15) is 0 Å². The molecule has 0 aliphatic rings. The van der Waals surface area contributed by atoms with Crippen LogP contribution in [0.25, 0.3) is 0 Å². The highest BCUT2D eigenvalue weighted by molar-refractivity contribution is 5.80. The molecule has 0 amide bonds. The summed E-state index contributed by atoms with van der Waals surface area (Å²) in [6, 6.07) is 3.69. The van der Waals surface area contributed by atoms with Crippen molar-refractivity contribution in [1.82, 2.24) is 10.6 Å². The predicted molar refractivity (Wildman–Crippen MR) is 72.7 cm³/mol. The van der Waals surface area contributed by atoms with E-state index in [-0.39, 0.29) is 11.9 Å². The van der Waals surface area contributed by atoms with E-state index in [4.69, 9.17) is 4.42 Å². The number of methoxy groups -OCH3 is 1. The molecule has 0 aliphatic carbocycles. The second kappa shape index (κ2) is 8.18. The molecule has 0 aliphatic heterocycles. The maximum Gasteiger partial charge on any atom is 0.310 e. The summed E-state index contributed by atoms with van der Waals surface area (Å²) >= 11 is 0. The van der Waals surface area contributed by atoms with E-state index in [1.807, 2.05) is 19.1 Å². The van der Waals surface area contributed by atoms with Gasteiger partial charge in [-0.25, -0.2) is 4.99 Å². The van der Waals surface area contributed by atoms with Gasteiger partial charge in [0.1, 0.15) is 12.3 Å². The summed E-state index contributed by atoms with van der Waals surface area (Å²) in [6.07, 6.45) is 1.62. The Hall–Kier alpha value is -1.98. The van der Waals surface area contributed by atoms with E-state index in [1.54, 1.807) is 13.2 Å². The van der Waals surface area contributed by atoms with Gasteiger partial charge in [-0.1, -0.05) is 6.92 Å². The summed E-state index contributed by atoms with van der Waals surface area (Å²) in [5.74, 6) is 0.972. The second-order valence-electron chi connectivity index (χ2n) is 4.08. The number of aliphatic imine (C=N–C) groups is 1. The first kappa shape index (κ1) is 15.1. The minimum Gasteiger partial charge on any atom is -0.469 e. The van der Waals surface area contributed by atoms with Crippen LogP contribution in [0.4, 0.5) is 0 Å². The van der Waals surface area contributed by atoms with Gasteiger partial charge in [-0.05, 0) is 19.1 Å². The summed E-state index contributed by atoms with van der Waals surface area (Å²) < 4.78 is 9.88. The monoisotopic (exact) mass is 267 g/mol. The molecule has 1 rings (SSSR count). The van der Waals surface area contributed by atoms with Crippen molar-refractivity contribution >= 4 is 11.9 Å². The maximum atomic E-state index is 11.3. The fourth-order valence-corrected chi connectivity index (χ4v) is 1.44. The van der Waals surface area contributed by atoms with Crippen molar-refractivity contribution in [1.29, 1.82) is 0 Å². The predicted octanol–water partition coefficient (Wildman–Crippen LogP) is 1.14. The number of carbonyl (C=O) groups is 1. The summed E-state index contributed by atoms with van der Waals surface area (Å²) in [5.41, 5.74) is 0. The Morgan fingerprint density at radius 3 is 2.89 bits per heavy atom. The van der Waals surface area contributed by atoms with Crippen LogP contribution >= 0.6 is 0 Å². The summed E-state index contributed by atoms with van der Waals surface area (Å²) in [7, 11) is 1.38. The molecule has 106 valence electrons. The third-order valence-corrected chi connectivity index (χ3v) is 2.50. The van der Waals surface area contributed by atoms with Crippen LogP contribution in [-0.4, -0.2) is 32.1 Å². The lowest BCUT2D eigenvalue weighted by Gasteiger charge is -2.14. The van der Waals surface area contributed by atoms with Gasteiger partial charge in [0, 0.05) is 13.1 Å². The molecule has 1 heterocycles. The van der Waals surface area contributed by atoms with Crippen molar-refractivity contribution < 1.29 is 13.9 Å². The largest absolute Gasteiger partial charge is 0.469 e. The molecule has 0 saturated heterocycles. The van der Waals surface area contributed by atoms with Gasteiger partial charge in [-0.15, -0.1) is 0 Å². The van der Waals surface area contributed by atoms with E-state index in [0.717, 1.165) is 12.3 Å². The Kier molecular flexibility index (Phi) is 6.49. The van der Waals surface area contributed by atoms with E-state index in [2.05, 4.69) is 20.4 Å². The number of ether oxygens (including phenoxy) is 1. The van der Waals surface area contributed by atoms with Gasteiger partial charge in [-0.3, -0.25) is 4.79 Å². The quantitative estimate of drug-likeness (QED) is 0.459. The first-order chi connectivity index (χ1) is 9.17. The van der Waals surface area contributed by atoms with Gasteiger partial charge in [0.25, 0.3) is 0 Å². The maximum absolute atomic E-state index is 11.3. The number of hydrogen-bond acceptors (Lipinski definition) is 4. The first-order valence-electron chi connectivity index (χ1n) is 6.29. The highest BCUT2D eigenvalue weighted by Crippen LogP contribution is 2.01. The lowest BCUT2D eigenvalue weighted by atomic mass is 10.2. The number of carbonyl (C=O) groups excluding carboxylic acids is 1. The molecule has 6 nitrogen and oxygen atoms in total. The molecule has 1 aromatic rings. The normalized spacial score (nSPS) is 12.9. The van der Waals surface area contributed by atoms with Gasteiger partial charge < -0.3 is 19.8 Å². The molecule has 0 fully saturated rings. The third-order valence-electron chi connectivity index (χ3n) is 2.50. The lowest BCUT2D eigenvalue weighted by Crippen LogP contribution is -2.40. The zero-order valence-electron chi connectivity index (χ0n) is 11.6. The first-order valence-corrected chi connectivity index (χ1v) is 6.29.